The van der Waals surface area contributed by atoms with E-state index < -0.39 is 10.0 Å². The Labute approximate surface area is 167 Å². The van der Waals surface area contributed by atoms with E-state index in [1.807, 2.05) is 24.4 Å². The van der Waals surface area contributed by atoms with E-state index in [0.717, 1.165) is 11.3 Å². The summed E-state index contributed by atoms with van der Waals surface area (Å²) in [7, 11) is -3.74. The van der Waals surface area contributed by atoms with Crippen LogP contribution in [0.3, 0.4) is 0 Å². The van der Waals surface area contributed by atoms with Gasteiger partial charge in [0.1, 0.15) is 9.77 Å². The normalized spacial score (nSPS) is 20.2. The molecule has 3 N–H and O–H groups in total. The summed E-state index contributed by atoms with van der Waals surface area (Å²) < 4.78 is 27.9. The fourth-order valence-electron chi connectivity index (χ4n) is 3.05. The highest BCUT2D eigenvalue weighted by atomic mass is 35.5. The van der Waals surface area contributed by atoms with Crippen molar-refractivity contribution < 1.29 is 13.2 Å². The zero-order chi connectivity index (χ0) is 18.0. The third-order valence-electron chi connectivity index (χ3n) is 4.38. The molecule has 0 bridgehead atoms. The summed E-state index contributed by atoms with van der Waals surface area (Å²) in [4.78, 5) is 15.9. The molecule has 10 heteroatoms. The molecule has 0 saturated carbocycles. The largest absolute Gasteiger partial charge is 0.335 e. The van der Waals surface area contributed by atoms with E-state index in [1.165, 1.54) is 28.7 Å². The Kier molecular flexibility index (Phi) is 7.23. The summed E-state index contributed by atoms with van der Waals surface area (Å²) in [6.45, 7) is 3.31. The van der Waals surface area contributed by atoms with Crippen LogP contribution in [0.5, 0.6) is 0 Å². The maximum atomic E-state index is 12.9. The first kappa shape index (κ1) is 21.3. The Bertz CT molecular complexity index is 836. The number of thiophene rings is 2. The van der Waals surface area contributed by atoms with Gasteiger partial charge in [-0.3, -0.25) is 4.79 Å². The molecule has 0 aliphatic carbocycles. The van der Waals surface area contributed by atoms with Gasteiger partial charge in [0.05, 0.1) is 0 Å². The fourth-order valence-corrected chi connectivity index (χ4v) is 6.17. The smallest absolute Gasteiger partial charge is 0.265 e. The van der Waals surface area contributed by atoms with Crippen LogP contribution < -0.4 is 10.5 Å². The Morgan fingerprint density at radius 2 is 2.12 bits per heavy atom. The lowest BCUT2D eigenvalue weighted by Gasteiger charge is -2.21. The van der Waals surface area contributed by atoms with Gasteiger partial charge in [-0.15, -0.1) is 35.1 Å². The Morgan fingerprint density at radius 1 is 1.35 bits per heavy atom. The highest BCUT2D eigenvalue weighted by Gasteiger charge is 2.35. The number of hydrogen-bond donors (Lipinski definition) is 2. The average molecular weight is 436 g/mol. The second-order valence-electron chi connectivity index (χ2n) is 6.16. The molecule has 26 heavy (non-hydrogen) atoms. The lowest BCUT2D eigenvalue weighted by molar-refractivity contribution is 0.0745. The first-order valence-corrected chi connectivity index (χ1v) is 11.3. The summed E-state index contributed by atoms with van der Waals surface area (Å²) in [5.74, 6) is 0.0471. The molecule has 1 aliphatic heterocycles. The first-order valence-electron chi connectivity index (χ1n) is 8.03. The molecule has 0 spiro atoms. The molecule has 0 radical (unpaired) electrons. The molecule has 3 heterocycles. The number of halogens is 1. The molecule has 1 saturated heterocycles. The van der Waals surface area contributed by atoms with Crippen molar-refractivity contribution >= 4 is 51.0 Å². The van der Waals surface area contributed by atoms with Crippen molar-refractivity contribution in [1.82, 2.24) is 9.62 Å². The average Bonchev–Trinajstić information content (AvgIpc) is 3.32. The number of nitrogens with one attached hydrogen (secondary N) is 1. The van der Waals surface area contributed by atoms with E-state index in [2.05, 4.69) is 4.72 Å². The van der Waals surface area contributed by atoms with Gasteiger partial charge in [-0.2, -0.15) is 0 Å². The fraction of sp³-hybridized carbons (Fsp3) is 0.438. The zero-order valence-electron chi connectivity index (χ0n) is 14.3. The van der Waals surface area contributed by atoms with Crippen molar-refractivity contribution in [2.75, 3.05) is 13.1 Å². The van der Waals surface area contributed by atoms with Crippen molar-refractivity contribution in [3.63, 3.8) is 0 Å². The summed E-state index contributed by atoms with van der Waals surface area (Å²) in [5.41, 5.74) is 5.72. The minimum absolute atomic E-state index is 0. The molecular weight excluding hydrogens is 414 g/mol. The van der Waals surface area contributed by atoms with Crippen molar-refractivity contribution in [1.29, 1.82) is 0 Å². The predicted molar refractivity (Wildman–Crippen MR) is 108 cm³/mol. The van der Waals surface area contributed by atoms with Gasteiger partial charge in [0.15, 0.2) is 0 Å². The third kappa shape index (κ3) is 4.47. The molecule has 2 aromatic rings. The highest BCUT2D eigenvalue weighted by Crippen LogP contribution is 2.29. The quantitative estimate of drug-likeness (QED) is 0.729. The Hall–Kier alpha value is -0.970. The van der Waals surface area contributed by atoms with E-state index >= 15 is 0 Å². The van der Waals surface area contributed by atoms with Crippen LogP contribution in [0.25, 0.3) is 0 Å². The van der Waals surface area contributed by atoms with Crippen LogP contribution in [0.15, 0.2) is 33.9 Å². The summed E-state index contributed by atoms with van der Waals surface area (Å²) >= 11 is 2.65. The number of hydrogen-bond acceptors (Lipinski definition) is 6. The van der Waals surface area contributed by atoms with Crippen LogP contribution in [0.4, 0.5) is 0 Å². The van der Waals surface area contributed by atoms with Crippen LogP contribution in [0.2, 0.25) is 0 Å². The second-order valence-corrected chi connectivity index (χ2v) is 9.85. The molecule has 6 nitrogen and oxygen atoms in total. The maximum Gasteiger partial charge on any atom is 0.265 e. The van der Waals surface area contributed by atoms with Gasteiger partial charge < -0.3 is 10.6 Å². The van der Waals surface area contributed by atoms with Crippen molar-refractivity contribution in [2.45, 2.75) is 30.8 Å². The second kappa shape index (κ2) is 8.81. The number of amides is 1. The monoisotopic (exact) mass is 435 g/mol. The van der Waals surface area contributed by atoms with Gasteiger partial charge in [0.25, 0.3) is 5.91 Å². The van der Waals surface area contributed by atoms with Crippen molar-refractivity contribution in [3.8, 4) is 0 Å². The standard InChI is InChI=1S/C16H21N3O3S3.ClH/c1-11-7-12(8-17)10-19(11)16(20)15-14(4-6-24-15)25(21,22)18-9-13-3-2-5-23-13;/h2-6,11-12,18H,7-10,17H2,1H3;1H. The van der Waals surface area contributed by atoms with E-state index in [1.54, 1.807) is 10.3 Å². The molecule has 2 aromatic heterocycles. The van der Waals surface area contributed by atoms with Gasteiger partial charge in [-0.1, -0.05) is 6.07 Å². The van der Waals surface area contributed by atoms with Crippen LogP contribution in [-0.2, 0) is 16.6 Å². The van der Waals surface area contributed by atoms with Crippen LogP contribution in [-0.4, -0.2) is 38.4 Å². The first-order chi connectivity index (χ1) is 11.9. The summed E-state index contributed by atoms with van der Waals surface area (Å²) in [6, 6.07) is 5.30. The SMILES string of the molecule is CC1CC(CN)CN1C(=O)c1sccc1S(=O)(=O)NCc1cccs1.Cl. The number of nitrogens with zero attached hydrogens (tertiary/aromatic N) is 1. The molecule has 1 aliphatic rings. The van der Waals surface area contributed by atoms with Gasteiger partial charge in [-0.05, 0) is 48.7 Å². The van der Waals surface area contributed by atoms with E-state index in [0.29, 0.717) is 13.1 Å². The van der Waals surface area contributed by atoms with Gasteiger partial charge in [0.2, 0.25) is 10.0 Å². The van der Waals surface area contributed by atoms with Crippen LogP contribution in [0.1, 0.15) is 27.9 Å². The highest BCUT2D eigenvalue weighted by molar-refractivity contribution is 7.89. The Balaban J connectivity index is 0.00000243. The molecule has 2 unspecified atom stereocenters. The number of likely N-dealkylation sites (tertiary alicyclic amines) is 1. The number of nitrogens with two attached hydrogens (primary N) is 1. The van der Waals surface area contributed by atoms with Gasteiger partial charge in [0, 0.05) is 24.0 Å². The van der Waals surface area contributed by atoms with E-state index in [9.17, 15) is 13.2 Å². The molecule has 3 rings (SSSR count). The minimum Gasteiger partial charge on any atom is -0.335 e. The topological polar surface area (TPSA) is 92.5 Å². The number of rotatable bonds is 6. The summed E-state index contributed by atoms with van der Waals surface area (Å²) in [6.07, 6.45) is 0.853. The summed E-state index contributed by atoms with van der Waals surface area (Å²) in [5, 5.41) is 3.54. The maximum absolute atomic E-state index is 12.9. The van der Waals surface area contributed by atoms with Crippen LogP contribution >= 0.6 is 35.1 Å². The Morgan fingerprint density at radius 3 is 2.73 bits per heavy atom. The predicted octanol–water partition coefficient (Wildman–Crippen LogP) is 2.52. The van der Waals surface area contributed by atoms with Crippen molar-refractivity contribution in [3.05, 3.63) is 38.7 Å². The van der Waals surface area contributed by atoms with E-state index in [4.69, 9.17) is 5.73 Å². The lowest BCUT2D eigenvalue weighted by atomic mass is 10.1. The van der Waals surface area contributed by atoms with E-state index in [-0.39, 0.29) is 46.6 Å². The number of sulfonamides is 1. The molecule has 0 aromatic carbocycles. The zero-order valence-corrected chi connectivity index (χ0v) is 17.5. The number of carbonyl (C=O) groups is 1. The molecule has 144 valence electrons. The van der Waals surface area contributed by atoms with Crippen LogP contribution in [0, 0.1) is 5.92 Å². The molecule has 2 atom stereocenters. The molecule has 1 amide bonds. The van der Waals surface area contributed by atoms with Gasteiger partial charge >= 0.3 is 0 Å². The number of carbonyl (C=O) groups excluding carboxylic acids is 1. The minimum atomic E-state index is -3.74. The van der Waals surface area contributed by atoms with Gasteiger partial charge in [-0.25, -0.2) is 13.1 Å². The van der Waals surface area contributed by atoms with Crippen molar-refractivity contribution in [2.24, 2.45) is 11.7 Å². The molecule has 1 fully saturated rings. The third-order valence-corrected chi connectivity index (χ3v) is 7.74. The molecular formula is C16H22ClN3O3S3. The lowest BCUT2D eigenvalue weighted by Crippen LogP contribution is -2.35.